The van der Waals surface area contributed by atoms with Crippen LogP contribution in [-0.4, -0.2) is 16.5 Å². The number of hydrogen-bond acceptors (Lipinski definition) is 2. The number of benzene rings is 1. The molecule has 0 amide bonds. The Morgan fingerprint density at radius 2 is 1.76 bits per heavy atom. The summed E-state index contributed by atoms with van der Waals surface area (Å²) in [6, 6.07) is 7.95. The van der Waals surface area contributed by atoms with Gasteiger partial charge in [0.05, 0.1) is 5.60 Å². The van der Waals surface area contributed by atoms with E-state index in [4.69, 9.17) is 0 Å². The first kappa shape index (κ1) is 11.0. The van der Waals surface area contributed by atoms with E-state index in [1.165, 1.54) is 5.56 Å². The van der Waals surface area contributed by atoms with Gasteiger partial charge in [0.1, 0.15) is 0 Å². The summed E-state index contributed by atoms with van der Waals surface area (Å²) in [5.74, 6) is 0.309. The maximum Gasteiger partial charge on any atom is 0.169 e. The third kappa shape index (κ3) is 1.62. The molecular formula is C15H18O2. The van der Waals surface area contributed by atoms with Crippen molar-refractivity contribution in [2.24, 2.45) is 5.41 Å². The standard InChI is InChI=1S/C15H18O2/c1-14(17)6-8-15(9-7-14)10-11-4-2-3-5-12(11)13(15)16/h2-5,17H,6-10H2,1H3. The van der Waals surface area contributed by atoms with Crippen molar-refractivity contribution < 1.29 is 9.90 Å². The van der Waals surface area contributed by atoms with E-state index < -0.39 is 5.60 Å². The van der Waals surface area contributed by atoms with Gasteiger partial charge in [-0.25, -0.2) is 0 Å². The lowest BCUT2D eigenvalue weighted by Gasteiger charge is -2.39. The molecule has 1 aromatic rings. The minimum Gasteiger partial charge on any atom is -0.390 e. The van der Waals surface area contributed by atoms with Gasteiger partial charge in [-0.3, -0.25) is 4.79 Å². The molecule has 2 aliphatic rings. The van der Waals surface area contributed by atoms with Crippen LogP contribution in [0.1, 0.15) is 48.5 Å². The first-order chi connectivity index (χ1) is 8.03. The Kier molecular flexibility index (Phi) is 2.21. The minimum atomic E-state index is -0.569. The van der Waals surface area contributed by atoms with Crippen LogP contribution in [0.2, 0.25) is 0 Å². The lowest BCUT2D eigenvalue weighted by atomic mass is 9.67. The van der Waals surface area contributed by atoms with Crippen molar-refractivity contribution in [3.05, 3.63) is 35.4 Å². The van der Waals surface area contributed by atoms with Gasteiger partial charge >= 0.3 is 0 Å². The van der Waals surface area contributed by atoms with E-state index in [0.29, 0.717) is 5.78 Å². The number of aliphatic hydroxyl groups is 1. The molecule has 2 heteroatoms. The Labute approximate surface area is 102 Å². The van der Waals surface area contributed by atoms with Crippen LogP contribution in [0.3, 0.4) is 0 Å². The Balaban J connectivity index is 1.92. The fourth-order valence-electron chi connectivity index (χ4n) is 3.30. The topological polar surface area (TPSA) is 37.3 Å². The van der Waals surface area contributed by atoms with E-state index in [2.05, 4.69) is 6.07 Å². The van der Waals surface area contributed by atoms with E-state index in [9.17, 15) is 9.90 Å². The van der Waals surface area contributed by atoms with Crippen LogP contribution in [0.15, 0.2) is 24.3 Å². The fourth-order valence-corrected chi connectivity index (χ4v) is 3.30. The lowest BCUT2D eigenvalue weighted by molar-refractivity contribution is -0.0114. The molecule has 1 aromatic carbocycles. The first-order valence-corrected chi connectivity index (χ1v) is 6.38. The summed E-state index contributed by atoms with van der Waals surface area (Å²) < 4.78 is 0. The largest absolute Gasteiger partial charge is 0.390 e. The van der Waals surface area contributed by atoms with Crippen molar-refractivity contribution in [2.75, 3.05) is 0 Å². The van der Waals surface area contributed by atoms with Gasteiger partial charge in [-0.05, 0) is 44.6 Å². The number of Topliss-reactive ketones (excluding diaryl/α,β-unsaturated/α-hetero) is 1. The molecule has 0 heterocycles. The fraction of sp³-hybridized carbons (Fsp3) is 0.533. The summed E-state index contributed by atoms with van der Waals surface area (Å²) in [6.45, 7) is 1.88. The van der Waals surface area contributed by atoms with Crippen molar-refractivity contribution in [3.8, 4) is 0 Å². The number of ketones is 1. The highest BCUT2D eigenvalue weighted by atomic mass is 16.3. The van der Waals surface area contributed by atoms with Gasteiger partial charge in [-0.1, -0.05) is 24.3 Å². The number of carbonyl (C=O) groups is 1. The SMILES string of the molecule is CC1(O)CCC2(CC1)Cc1ccccc1C2=O. The molecule has 1 saturated carbocycles. The molecule has 0 aliphatic heterocycles. The van der Waals surface area contributed by atoms with Gasteiger partial charge in [-0.2, -0.15) is 0 Å². The molecule has 2 nitrogen and oxygen atoms in total. The van der Waals surface area contributed by atoms with Crippen molar-refractivity contribution in [3.63, 3.8) is 0 Å². The monoisotopic (exact) mass is 230 g/mol. The van der Waals surface area contributed by atoms with Crippen LogP contribution >= 0.6 is 0 Å². The second kappa shape index (κ2) is 3.42. The molecule has 0 aromatic heterocycles. The molecule has 1 fully saturated rings. The highest BCUT2D eigenvalue weighted by Crippen LogP contribution is 2.49. The highest BCUT2D eigenvalue weighted by Gasteiger charge is 2.48. The number of rotatable bonds is 0. The first-order valence-electron chi connectivity index (χ1n) is 6.38. The lowest BCUT2D eigenvalue weighted by Crippen LogP contribution is -2.40. The number of carbonyl (C=O) groups excluding carboxylic acids is 1. The van der Waals surface area contributed by atoms with Gasteiger partial charge in [0.2, 0.25) is 0 Å². The van der Waals surface area contributed by atoms with Crippen LogP contribution in [0, 0.1) is 5.41 Å². The Morgan fingerprint density at radius 3 is 2.41 bits per heavy atom. The Bertz CT molecular complexity index is 464. The summed E-state index contributed by atoms with van der Waals surface area (Å²) >= 11 is 0. The van der Waals surface area contributed by atoms with Crippen LogP contribution in [0.5, 0.6) is 0 Å². The Morgan fingerprint density at radius 1 is 1.12 bits per heavy atom. The second-order valence-electron chi connectivity index (χ2n) is 5.94. The predicted molar refractivity (Wildman–Crippen MR) is 66.0 cm³/mol. The average molecular weight is 230 g/mol. The average Bonchev–Trinajstić information content (AvgIpc) is 2.58. The van der Waals surface area contributed by atoms with Crippen LogP contribution in [-0.2, 0) is 6.42 Å². The number of fused-ring (bicyclic) bond motifs is 1. The van der Waals surface area contributed by atoms with Gasteiger partial charge < -0.3 is 5.11 Å². The van der Waals surface area contributed by atoms with Gasteiger partial charge in [0.15, 0.2) is 5.78 Å². The molecule has 1 spiro atoms. The quantitative estimate of drug-likeness (QED) is 0.744. The van der Waals surface area contributed by atoms with Gasteiger partial charge in [0, 0.05) is 11.0 Å². The third-order valence-electron chi connectivity index (χ3n) is 4.56. The molecule has 0 bridgehead atoms. The molecule has 3 rings (SSSR count). The van der Waals surface area contributed by atoms with E-state index in [0.717, 1.165) is 37.7 Å². The summed E-state index contributed by atoms with van der Waals surface area (Å²) in [5.41, 5.74) is 1.33. The van der Waals surface area contributed by atoms with Crippen molar-refractivity contribution >= 4 is 5.78 Å². The zero-order valence-corrected chi connectivity index (χ0v) is 10.2. The Hall–Kier alpha value is -1.15. The summed E-state index contributed by atoms with van der Waals surface area (Å²) in [5, 5.41) is 10.0. The molecule has 1 N–H and O–H groups in total. The second-order valence-corrected chi connectivity index (χ2v) is 5.94. The zero-order chi connectivity index (χ0) is 12.1. The van der Waals surface area contributed by atoms with E-state index in [1.807, 2.05) is 25.1 Å². The normalized spacial score (nSPS) is 36.2. The smallest absolute Gasteiger partial charge is 0.169 e. The summed E-state index contributed by atoms with van der Waals surface area (Å²) in [4.78, 5) is 12.5. The molecular weight excluding hydrogens is 212 g/mol. The predicted octanol–water partition coefficient (Wildman–Crippen LogP) is 2.74. The third-order valence-corrected chi connectivity index (χ3v) is 4.56. The zero-order valence-electron chi connectivity index (χ0n) is 10.2. The minimum absolute atomic E-state index is 0.202. The van der Waals surface area contributed by atoms with E-state index in [-0.39, 0.29) is 5.41 Å². The molecule has 0 atom stereocenters. The molecule has 0 radical (unpaired) electrons. The van der Waals surface area contributed by atoms with Crippen molar-refractivity contribution in [1.29, 1.82) is 0 Å². The van der Waals surface area contributed by atoms with E-state index >= 15 is 0 Å². The summed E-state index contributed by atoms with van der Waals surface area (Å²) in [6.07, 6.45) is 4.01. The summed E-state index contributed by atoms with van der Waals surface area (Å²) in [7, 11) is 0. The van der Waals surface area contributed by atoms with Crippen LogP contribution in [0.4, 0.5) is 0 Å². The van der Waals surface area contributed by atoms with Crippen molar-refractivity contribution in [1.82, 2.24) is 0 Å². The van der Waals surface area contributed by atoms with E-state index in [1.54, 1.807) is 0 Å². The van der Waals surface area contributed by atoms with Crippen LogP contribution < -0.4 is 0 Å². The highest BCUT2D eigenvalue weighted by molar-refractivity contribution is 6.05. The van der Waals surface area contributed by atoms with Gasteiger partial charge in [0.25, 0.3) is 0 Å². The van der Waals surface area contributed by atoms with Gasteiger partial charge in [-0.15, -0.1) is 0 Å². The molecule has 90 valence electrons. The maximum atomic E-state index is 12.5. The molecule has 0 unspecified atom stereocenters. The van der Waals surface area contributed by atoms with Crippen molar-refractivity contribution in [2.45, 2.75) is 44.6 Å². The number of hydrogen-bond donors (Lipinski definition) is 1. The van der Waals surface area contributed by atoms with Crippen LogP contribution in [0.25, 0.3) is 0 Å². The molecule has 2 aliphatic carbocycles. The molecule has 0 saturated heterocycles. The maximum absolute atomic E-state index is 12.5. The molecule has 17 heavy (non-hydrogen) atoms.